The predicted octanol–water partition coefficient (Wildman–Crippen LogP) is 0.848. The molecule has 4 heteroatoms. The highest BCUT2D eigenvalue weighted by atomic mass is 16.5. The first kappa shape index (κ1) is 7.10. The van der Waals surface area contributed by atoms with Crippen molar-refractivity contribution in [3.8, 4) is 0 Å². The Hall–Kier alpha value is -0.900. The summed E-state index contributed by atoms with van der Waals surface area (Å²) >= 11 is 0. The molecule has 0 aliphatic rings. The smallest absolute Gasteiger partial charge is 0.223 e. The predicted molar refractivity (Wildman–Crippen MR) is 28.8 cm³/mol. The average Bonchev–Trinajstić information content (AvgIpc) is 1.87. The van der Waals surface area contributed by atoms with Gasteiger partial charge in [-0.25, -0.2) is 0 Å². The van der Waals surface area contributed by atoms with E-state index in [-0.39, 0.29) is 6.15 Å². The molecule has 46 valence electrons. The number of aromatic nitrogens is 2. The van der Waals surface area contributed by atoms with E-state index in [1.165, 1.54) is 0 Å². The summed E-state index contributed by atoms with van der Waals surface area (Å²) in [6.07, 6.45) is 0. The number of aryl methyl sites for hydroxylation is 2. The Balaban J connectivity index is 0.000000490. The first-order valence-corrected chi connectivity index (χ1v) is 2.06. The molecule has 0 saturated carbocycles. The quantitative estimate of drug-likeness (QED) is 0.543. The molecule has 3 N–H and O–H groups in total. The molecule has 1 rings (SSSR count). The molecule has 0 saturated heterocycles. The van der Waals surface area contributed by atoms with Crippen LogP contribution < -0.4 is 6.15 Å². The largest absolute Gasteiger partial charge is 0.344 e. The van der Waals surface area contributed by atoms with Gasteiger partial charge in [-0.3, -0.25) is 0 Å². The SMILES string of the molecule is Cc1noc(C)n1.N. The van der Waals surface area contributed by atoms with E-state index in [0.29, 0.717) is 11.7 Å². The fourth-order valence-corrected chi connectivity index (χ4v) is 0.401. The molecule has 0 unspecified atom stereocenters. The highest BCUT2D eigenvalue weighted by molar-refractivity contribution is 4.77. The van der Waals surface area contributed by atoms with E-state index < -0.39 is 0 Å². The third kappa shape index (κ3) is 1.31. The molecule has 0 amide bonds. The van der Waals surface area contributed by atoms with Crippen LogP contribution in [0.3, 0.4) is 0 Å². The zero-order chi connectivity index (χ0) is 5.28. The van der Waals surface area contributed by atoms with Crippen molar-refractivity contribution in [1.29, 1.82) is 0 Å². The van der Waals surface area contributed by atoms with Gasteiger partial charge in [0.25, 0.3) is 0 Å². The van der Waals surface area contributed by atoms with Gasteiger partial charge in [-0.2, -0.15) is 4.98 Å². The number of hydrogen-bond donors (Lipinski definition) is 1. The molecular formula is C4H9N3O. The van der Waals surface area contributed by atoms with E-state index in [2.05, 4.69) is 14.7 Å². The molecule has 1 aromatic heterocycles. The Morgan fingerprint density at radius 1 is 1.38 bits per heavy atom. The van der Waals surface area contributed by atoms with E-state index in [1.54, 1.807) is 13.8 Å². The van der Waals surface area contributed by atoms with Gasteiger partial charge < -0.3 is 10.7 Å². The molecule has 0 aromatic carbocycles. The first-order chi connectivity index (χ1) is 3.29. The lowest BCUT2D eigenvalue weighted by Gasteiger charge is -1.64. The van der Waals surface area contributed by atoms with Gasteiger partial charge in [0, 0.05) is 6.92 Å². The Morgan fingerprint density at radius 2 is 2.00 bits per heavy atom. The Labute approximate surface area is 47.5 Å². The molecule has 1 aromatic rings. The van der Waals surface area contributed by atoms with Gasteiger partial charge in [-0.15, -0.1) is 0 Å². The maximum absolute atomic E-state index is 4.60. The average molecular weight is 115 g/mol. The van der Waals surface area contributed by atoms with Crippen LogP contribution in [0, 0.1) is 13.8 Å². The van der Waals surface area contributed by atoms with E-state index in [1.807, 2.05) is 0 Å². The molecule has 1 heterocycles. The summed E-state index contributed by atoms with van der Waals surface area (Å²) < 4.78 is 4.60. The maximum Gasteiger partial charge on any atom is 0.223 e. The number of rotatable bonds is 0. The Bertz CT molecular complexity index is 144. The zero-order valence-corrected chi connectivity index (χ0v) is 5.01. The third-order valence-electron chi connectivity index (χ3n) is 0.629. The van der Waals surface area contributed by atoms with Crippen molar-refractivity contribution >= 4 is 0 Å². The van der Waals surface area contributed by atoms with Crippen LogP contribution in [0.25, 0.3) is 0 Å². The summed E-state index contributed by atoms with van der Waals surface area (Å²) in [6, 6.07) is 0. The van der Waals surface area contributed by atoms with E-state index in [4.69, 9.17) is 0 Å². The fourth-order valence-electron chi connectivity index (χ4n) is 0.401. The van der Waals surface area contributed by atoms with Crippen molar-refractivity contribution in [1.82, 2.24) is 16.3 Å². The van der Waals surface area contributed by atoms with Gasteiger partial charge in [0.1, 0.15) is 0 Å². The number of hydrogen-bond acceptors (Lipinski definition) is 4. The minimum absolute atomic E-state index is 0. The molecule has 0 atom stereocenters. The van der Waals surface area contributed by atoms with Crippen molar-refractivity contribution in [3.05, 3.63) is 11.7 Å². The lowest BCUT2D eigenvalue weighted by Crippen LogP contribution is -1.70. The van der Waals surface area contributed by atoms with Crippen molar-refractivity contribution in [2.45, 2.75) is 13.8 Å². The molecule has 0 aliphatic carbocycles. The van der Waals surface area contributed by atoms with Crippen LogP contribution >= 0.6 is 0 Å². The van der Waals surface area contributed by atoms with Crippen molar-refractivity contribution < 1.29 is 4.52 Å². The second-order valence-corrected chi connectivity index (χ2v) is 1.36. The van der Waals surface area contributed by atoms with Crippen LogP contribution in [0.5, 0.6) is 0 Å². The van der Waals surface area contributed by atoms with Gasteiger partial charge in [0.2, 0.25) is 5.89 Å². The first-order valence-electron chi connectivity index (χ1n) is 2.06. The van der Waals surface area contributed by atoms with Gasteiger partial charge in [0.05, 0.1) is 0 Å². The molecule has 0 fully saturated rings. The molecule has 0 bridgehead atoms. The lowest BCUT2D eigenvalue weighted by molar-refractivity contribution is 0.389. The van der Waals surface area contributed by atoms with Crippen molar-refractivity contribution in [2.24, 2.45) is 0 Å². The third-order valence-corrected chi connectivity index (χ3v) is 0.629. The topological polar surface area (TPSA) is 73.9 Å². The van der Waals surface area contributed by atoms with E-state index in [9.17, 15) is 0 Å². The number of nitrogens with zero attached hydrogens (tertiary/aromatic N) is 2. The lowest BCUT2D eigenvalue weighted by atomic mass is 10.7. The summed E-state index contributed by atoms with van der Waals surface area (Å²) in [5, 5.41) is 3.53. The molecule has 4 nitrogen and oxygen atoms in total. The van der Waals surface area contributed by atoms with Gasteiger partial charge in [-0.05, 0) is 6.92 Å². The van der Waals surface area contributed by atoms with Gasteiger partial charge >= 0.3 is 0 Å². The highest BCUT2D eigenvalue weighted by Gasteiger charge is 1.89. The maximum atomic E-state index is 4.60. The minimum Gasteiger partial charge on any atom is -0.344 e. The molecular weight excluding hydrogens is 106 g/mol. The Morgan fingerprint density at radius 3 is 2.12 bits per heavy atom. The zero-order valence-electron chi connectivity index (χ0n) is 5.01. The summed E-state index contributed by atoms with van der Waals surface area (Å²) in [7, 11) is 0. The Kier molecular flexibility index (Phi) is 2.15. The summed E-state index contributed by atoms with van der Waals surface area (Å²) in [5.41, 5.74) is 0. The minimum atomic E-state index is 0. The van der Waals surface area contributed by atoms with Crippen molar-refractivity contribution in [2.75, 3.05) is 0 Å². The second-order valence-electron chi connectivity index (χ2n) is 1.36. The molecule has 0 aliphatic heterocycles. The molecule has 8 heavy (non-hydrogen) atoms. The summed E-state index contributed by atoms with van der Waals surface area (Å²) in [6.45, 7) is 3.55. The van der Waals surface area contributed by atoms with Gasteiger partial charge in [-0.1, -0.05) is 5.16 Å². The van der Waals surface area contributed by atoms with Crippen LogP contribution in [0.4, 0.5) is 0 Å². The van der Waals surface area contributed by atoms with E-state index >= 15 is 0 Å². The molecule has 0 spiro atoms. The monoisotopic (exact) mass is 115 g/mol. The van der Waals surface area contributed by atoms with Crippen LogP contribution in [0.1, 0.15) is 11.7 Å². The van der Waals surface area contributed by atoms with Gasteiger partial charge in [0.15, 0.2) is 5.82 Å². The second kappa shape index (κ2) is 2.42. The van der Waals surface area contributed by atoms with Crippen LogP contribution in [0.2, 0.25) is 0 Å². The van der Waals surface area contributed by atoms with Crippen molar-refractivity contribution in [3.63, 3.8) is 0 Å². The highest BCUT2D eigenvalue weighted by Crippen LogP contribution is 1.89. The fraction of sp³-hybridized carbons (Fsp3) is 0.500. The van der Waals surface area contributed by atoms with Crippen LogP contribution in [-0.4, -0.2) is 10.1 Å². The summed E-state index contributed by atoms with van der Waals surface area (Å²) in [5.74, 6) is 1.31. The summed E-state index contributed by atoms with van der Waals surface area (Å²) in [4.78, 5) is 3.83. The normalized spacial score (nSPS) is 8.25. The standard InChI is InChI=1S/C4H6N2O.H3N/c1-3-5-4(2)7-6-3;/h1-2H3;1H3. The van der Waals surface area contributed by atoms with Crippen LogP contribution in [-0.2, 0) is 0 Å². The van der Waals surface area contributed by atoms with E-state index in [0.717, 1.165) is 0 Å². The molecule has 0 radical (unpaired) electrons. The van der Waals surface area contributed by atoms with Crippen LogP contribution in [0.15, 0.2) is 4.52 Å².